The normalized spacial score (nSPS) is 8.91. The highest BCUT2D eigenvalue weighted by Crippen LogP contribution is 1.71. The first-order valence-corrected chi connectivity index (χ1v) is 4.64. The van der Waals surface area contributed by atoms with Gasteiger partial charge in [0.2, 0.25) is 0 Å². The summed E-state index contributed by atoms with van der Waals surface area (Å²) in [4.78, 5) is 56.4. The summed E-state index contributed by atoms with van der Waals surface area (Å²) in [7, 11) is 0. The molecule has 0 aromatic rings. The maximum absolute atomic E-state index is 9.55. The molecule has 12 heteroatoms. The molecule has 0 aromatic heterocycles. The number of aliphatic carboxylic acids is 6. The van der Waals surface area contributed by atoms with Gasteiger partial charge in [-0.1, -0.05) is 0 Å². The van der Waals surface area contributed by atoms with Gasteiger partial charge < -0.3 is 30.6 Å². The number of hydrogen-bond acceptors (Lipinski definition) is 6. The molecule has 0 unspecified atom stereocenters. The molecule has 6 N–H and O–H groups in total. The fraction of sp³-hybridized carbons (Fsp3) is 0. The Bertz CT molecular complexity index is 420. The van der Waals surface area contributed by atoms with Crippen molar-refractivity contribution in [2.45, 2.75) is 0 Å². The van der Waals surface area contributed by atoms with Gasteiger partial charge in [-0.2, -0.15) is 0 Å². The summed E-state index contributed by atoms with van der Waals surface area (Å²) in [5, 5.41) is 46.0. The number of carboxylic acid groups (broad SMARTS) is 6. The van der Waals surface area contributed by atoms with E-state index >= 15 is 0 Å². The first-order chi connectivity index (χ1) is 9.89. The zero-order chi connectivity index (χ0) is 18.3. The van der Waals surface area contributed by atoms with Crippen molar-refractivity contribution < 1.29 is 59.4 Å². The lowest BCUT2D eigenvalue weighted by molar-refractivity contribution is -0.159. The van der Waals surface area contributed by atoms with Gasteiger partial charge in [0.25, 0.3) is 0 Å². The molecule has 0 aliphatic rings. The van der Waals surface area contributed by atoms with Crippen molar-refractivity contribution in [1.82, 2.24) is 0 Å². The van der Waals surface area contributed by atoms with Gasteiger partial charge in [-0.25, -0.2) is 28.8 Å². The fourth-order valence-electron chi connectivity index (χ4n) is 0.285. The van der Waals surface area contributed by atoms with E-state index in [0.29, 0.717) is 24.3 Å². The molecule has 0 aromatic carbocycles. The molecule has 0 aliphatic heterocycles. The Kier molecular flexibility index (Phi) is 14.6. The van der Waals surface area contributed by atoms with Gasteiger partial charge >= 0.3 is 35.8 Å². The lowest BCUT2D eigenvalue weighted by Crippen LogP contribution is -2.09. The first kappa shape index (κ1) is 23.4. The van der Waals surface area contributed by atoms with E-state index in [1.165, 1.54) is 0 Å². The third-order valence-electron chi connectivity index (χ3n) is 0.920. The smallest absolute Gasteiger partial charge is 0.414 e. The number of carboxylic acids is 6. The van der Waals surface area contributed by atoms with Gasteiger partial charge in [0.15, 0.2) is 0 Å². The standard InChI is InChI=1S/2C4H4O4.C2H2O4/c2*5-3(6)1-2-4(7)8;3-1(4)2(5)6/h2*1-2H,(H,5,6)(H,7,8);(H,3,4)(H,5,6)/b2*2-1-;. The second kappa shape index (κ2) is 13.7. The number of carbonyl (C=O) groups is 6. The van der Waals surface area contributed by atoms with Crippen molar-refractivity contribution in [2.24, 2.45) is 0 Å². The molecular formula is C10H10O12. The van der Waals surface area contributed by atoms with Crippen LogP contribution in [0.2, 0.25) is 0 Å². The number of rotatable bonds is 4. The van der Waals surface area contributed by atoms with E-state index < -0.39 is 35.8 Å². The van der Waals surface area contributed by atoms with Crippen molar-refractivity contribution in [3.63, 3.8) is 0 Å². The molecule has 0 rings (SSSR count). The maximum Gasteiger partial charge on any atom is 0.414 e. The Morgan fingerprint density at radius 2 is 0.545 bits per heavy atom. The zero-order valence-corrected chi connectivity index (χ0v) is 10.4. The Morgan fingerprint density at radius 1 is 0.409 bits per heavy atom. The molecule has 0 saturated heterocycles. The monoisotopic (exact) mass is 322 g/mol. The van der Waals surface area contributed by atoms with Crippen LogP contribution in [0, 0.1) is 0 Å². The summed E-state index contributed by atoms with van der Waals surface area (Å²) in [6, 6.07) is 0. The molecule has 0 saturated carbocycles. The highest BCUT2D eigenvalue weighted by molar-refractivity contribution is 6.27. The van der Waals surface area contributed by atoms with Crippen LogP contribution >= 0.6 is 0 Å². The van der Waals surface area contributed by atoms with E-state index in [1.807, 2.05) is 0 Å². The Labute approximate surface area is 120 Å². The molecule has 0 heterocycles. The summed E-state index contributed by atoms with van der Waals surface area (Å²) >= 11 is 0. The minimum absolute atomic E-state index is 0.558. The van der Waals surface area contributed by atoms with Gasteiger partial charge in [0, 0.05) is 24.3 Å². The Morgan fingerprint density at radius 3 is 0.591 bits per heavy atom. The number of hydrogen-bond donors (Lipinski definition) is 6. The van der Waals surface area contributed by atoms with Crippen LogP contribution < -0.4 is 0 Å². The van der Waals surface area contributed by atoms with Crippen LogP contribution in [-0.4, -0.2) is 66.5 Å². The minimum atomic E-state index is -1.82. The average molecular weight is 322 g/mol. The molecule has 0 bridgehead atoms. The maximum atomic E-state index is 9.55. The fourth-order valence-corrected chi connectivity index (χ4v) is 0.285. The molecule has 0 amide bonds. The van der Waals surface area contributed by atoms with Crippen molar-refractivity contribution in [3.05, 3.63) is 24.3 Å². The molecule has 22 heavy (non-hydrogen) atoms. The molecule has 0 radical (unpaired) electrons. The van der Waals surface area contributed by atoms with E-state index in [4.69, 9.17) is 40.2 Å². The SMILES string of the molecule is O=C(O)/C=C\C(=O)O.O=C(O)/C=C\C(=O)O.O=C(O)C(=O)O. The molecule has 12 nitrogen and oxygen atoms in total. The van der Waals surface area contributed by atoms with Crippen LogP contribution in [-0.2, 0) is 28.8 Å². The Hall–Kier alpha value is -3.70. The van der Waals surface area contributed by atoms with Crippen molar-refractivity contribution in [3.8, 4) is 0 Å². The first-order valence-electron chi connectivity index (χ1n) is 4.64. The van der Waals surface area contributed by atoms with Crippen molar-refractivity contribution in [2.75, 3.05) is 0 Å². The second-order valence-corrected chi connectivity index (χ2v) is 2.63. The lowest BCUT2D eigenvalue weighted by Gasteiger charge is -1.74. The summed E-state index contributed by atoms with van der Waals surface area (Å²) in [5.41, 5.74) is 0. The Balaban J connectivity index is -0.000000249. The van der Waals surface area contributed by atoms with E-state index in [-0.39, 0.29) is 0 Å². The second-order valence-electron chi connectivity index (χ2n) is 2.63. The van der Waals surface area contributed by atoms with Gasteiger partial charge in [0.1, 0.15) is 0 Å². The summed E-state index contributed by atoms with van der Waals surface area (Å²) in [6.07, 6.45) is 2.23. The lowest BCUT2D eigenvalue weighted by atomic mass is 10.5. The quantitative estimate of drug-likeness (QED) is 0.259. The molecule has 0 fully saturated rings. The third kappa shape index (κ3) is 36.0. The van der Waals surface area contributed by atoms with E-state index in [1.54, 1.807) is 0 Å². The summed E-state index contributed by atoms with van der Waals surface area (Å²) in [6.45, 7) is 0. The minimum Gasteiger partial charge on any atom is -0.478 e. The van der Waals surface area contributed by atoms with E-state index in [2.05, 4.69) is 0 Å². The van der Waals surface area contributed by atoms with Crippen LogP contribution in [0.3, 0.4) is 0 Å². The molecular weight excluding hydrogens is 312 g/mol. The summed E-state index contributed by atoms with van der Waals surface area (Å²) < 4.78 is 0. The third-order valence-corrected chi connectivity index (χ3v) is 0.920. The molecule has 0 atom stereocenters. The van der Waals surface area contributed by atoms with Crippen LogP contribution in [0.15, 0.2) is 24.3 Å². The van der Waals surface area contributed by atoms with Crippen LogP contribution in [0.25, 0.3) is 0 Å². The van der Waals surface area contributed by atoms with Crippen molar-refractivity contribution >= 4 is 35.8 Å². The van der Waals surface area contributed by atoms with Gasteiger partial charge in [-0.3, -0.25) is 0 Å². The zero-order valence-electron chi connectivity index (χ0n) is 10.4. The van der Waals surface area contributed by atoms with Gasteiger partial charge in [0.05, 0.1) is 0 Å². The molecule has 0 aliphatic carbocycles. The van der Waals surface area contributed by atoms with Gasteiger partial charge in [-0.15, -0.1) is 0 Å². The van der Waals surface area contributed by atoms with Crippen LogP contribution in [0.1, 0.15) is 0 Å². The highest BCUT2D eigenvalue weighted by atomic mass is 16.4. The summed E-state index contributed by atoms with van der Waals surface area (Å²) in [5.74, 6) is -8.68. The highest BCUT2D eigenvalue weighted by Gasteiger charge is 2.04. The van der Waals surface area contributed by atoms with Gasteiger partial charge in [-0.05, 0) is 0 Å². The predicted octanol–water partition coefficient (Wildman–Crippen LogP) is -1.42. The van der Waals surface area contributed by atoms with E-state index in [9.17, 15) is 19.2 Å². The van der Waals surface area contributed by atoms with Crippen LogP contribution in [0.4, 0.5) is 0 Å². The van der Waals surface area contributed by atoms with Crippen molar-refractivity contribution in [1.29, 1.82) is 0 Å². The van der Waals surface area contributed by atoms with E-state index in [0.717, 1.165) is 0 Å². The molecule has 0 spiro atoms. The van der Waals surface area contributed by atoms with Crippen LogP contribution in [0.5, 0.6) is 0 Å². The average Bonchev–Trinajstić information content (AvgIpc) is 2.35. The topological polar surface area (TPSA) is 224 Å². The predicted molar refractivity (Wildman–Crippen MR) is 64.1 cm³/mol. The molecule has 122 valence electrons. The largest absolute Gasteiger partial charge is 0.478 e.